The van der Waals surface area contributed by atoms with Crippen LogP contribution in [-0.2, 0) is 14.3 Å². The number of fused-ring (bicyclic) bond motifs is 1. The molecule has 0 saturated heterocycles. The van der Waals surface area contributed by atoms with E-state index in [0.717, 1.165) is 29.8 Å². The van der Waals surface area contributed by atoms with Gasteiger partial charge in [0.15, 0.2) is 11.1 Å². The van der Waals surface area contributed by atoms with E-state index in [0.29, 0.717) is 6.42 Å². The van der Waals surface area contributed by atoms with Crippen molar-refractivity contribution < 1.29 is 18.9 Å². The number of anilines is 1. The Hall–Kier alpha value is -2.02. The van der Waals surface area contributed by atoms with Crippen molar-refractivity contribution in [2.24, 2.45) is 5.92 Å². The maximum atomic E-state index is 13.0. The van der Waals surface area contributed by atoms with Crippen LogP contribution >= 0.6 is 11.8 Å². The molecule has 1 aromatic rings. The Labute approximate surface area is 171 Å². The number of ether oxygens (including phenoxy) is 1. The molecule has 2 N–H and O–H groups in total. The lowest BCUT2D eigenvalue weighted by molar-refractivity contribution is -0.556. The standard InChI is InChI=1S/C21H29N3O3S/c1-4-5-6-9-14-12-13-15(21(26)27-3)18(24(14)2)23-19(25)20-22-16-10-7-8-11-17(16)28-20/h7-8,10-11,15,18,20,22H,4-6,9,12-13H2,1-3H3/p+1. The predicted octanol–water partition coefficient (Wildman–Crippen LogP) is 3.22. The van der Waals surface area contributed by atoms with Gasteiger partial charge in [-0.1, -0.05) is 43.7 Å². The Morgan fingerprint density at radius 3 is 2.82 bits per heavy atom. The molecule has 0 aromatic heterocycles. The number of methoxy groups -OCH3 is 1. The molecule has 152 valence electrons. The molecule has 7 heteroatoms. The van der Waals surface area contributed by atoms with E-state index in [1.165, 1.54) is 37.4 Å². The van der Waals surface area contributed by atoms with Crippen LogP contribution in [-0.4, -0.2) is 47.9 Å². The number of benzene rings is 1. The summed E-state index contributed by atoms with van der Waals surface area (Å²) in [6.45, 7) is 2.19. The summed E-state index contributed by atoms with van der Waals surface area (Å²) < 4.78 is 7.10. The summed E-state index contributed by atoms with van der Waals surface area (Å²) in [7, 11) is 3.39. The lowest BCUT2D eigenvalue weighted by atomic mass is 9.91. The lowest BCUT2D eigenvalue weighted by Crippen LogP contribution is -2.55. The topological polar surface area (TPSA) is 70.4 Å². The number of hydrogen-bond acceptors (Lipinski definition) is 5. The van der Waals surface area contributed by atoms with Crippen molar-refractivity contribution in [2.75, 3.05) is 19.5 Å². The summed E-state index contributed by atoms with van der Waals surface area (Å²) in [4.78, 5) is 26.4. The third-order valence-corrected chi connectivity index (χ3v) is 6.74. The molecule has 3 atom stereocenters. The van der Waals surface area contributed by atoms with E-state index < -0.39 is 5.37 Å². The molecule has 0 saturated carbocycles. The molecule has 0 radical (unpaired) electrons. The molecule has 0 bridgehead atoms. The highest BCUT2D eigenvalue weighted by molar-refractivity contribution is 8.01. The second-order valence-electron chi connectivity index (χ2n) is 7.39. The van der Waals surface area contributed by atoms with Crippen molar-refractivity contribution >= 4 is 35.0 Å². The Morgan fingerprint density at radius 2 is 2.11 bits per heavy atom. The van der Waals surface area contributed by atoms with Crippen LogP contribution in [0.4, 0.5) is 5.69 Å². The highest BCUT2D eigenvalue weighted by Crippen LogP contribution is 2.38. The maximum Gasteiger partial charge on any atom is 0.317 e. The van der Waals surface area contributed by atoms with Gasteiger partial charge in [-0.15, -0.1) is 0 Å². The Kier molecular flexibility index (Phi) is 6.99. The highest BCUT2D eigenvalue weighted by Gasteiger charge is 2.43. The number of hydrogen-bond donors (Lipinski definition) is 2. The first kappa shape index (κ1) is 20.7. The molecule has 28 heavy (non-hydrogen) atoms. The van der Waals surface area contributed by atoms with Gasteiger partial charge in [-0.25, -0.2) is 4.58 Å². The maximum absolute atomic E-state index is 13.0. The zero-order valence-electron chi connectivity index (χ0n) is 16.9. The fourth-order valence-corrected chi connectivity index (χ4v) is 4.95. The monoisotopic (exact) mass is 404 g/mol. The van der Waals surface area contributed by atoms with E-state index in [4.69, 9.17) is 4.74 Å². The van der Waals surface area contributed by atoms with Crippen LogP contribution in [0.3, 0.4) is 0 Å². The average Bonchev–Trinajstić information content (AvgIpc) is 3.14. The van der Waals surface area contributed by atoms with Crippen molar-refractivity contribution in [2.45, 2.75) is 61.9 Å². The molecule has 6 nitrogen and oxygen atoms in total. The zero-order valence-corrected chi connectivity index (χ0v) is 17.7. The van der Waals surface area contributed by atoms with Crippen LogP contribution in [0.25, 0.3) is 0 Å². The molecule has 1 amide bonds. The van der Waals surface area contributed by atoms with Crippen LogP contribution in [0, 0.1) is 5.92 Å². The smallest absolute Gasteiger partial charge is 0.317 e. The van der Waals surface area contributed by atoms with E-state index >= 15 is 0 Å². The number of carbonyl (C=O) groups is 2. The first-order valence-corrected chi connectivity index (χ1v) is 10.9. The van der Waals surface area contributed by atoms with Gasteiger partial charge >= 0.3 is 5.97 Å². The van der Waals surface area contributed by atoms with Crippen molar-refractivity contribution in [3.05, 3.63) is 24.3 Å². The van der Waals surface area contributed by atoms with Gasteiger partial charge in [0, 0.05) is 23.4 Å². The summed E-state index contributed by atoms with van der Waals surface area (Å²) in [6, 6.07) is 7.89. The van der Waals surface area contributed by atoms with E-state index in [2.05, 4.69) is 22.1 Å². The van der Waals surface area contributed by atoms with Crippen molar-refractivity contribution in [1.82, 2.24) is 5.32 Å². The summed E-state index contributed by atoms with van der Waals surface area (Å²) in [5.41, 5.74) is 2.27. The van der Waals surface area contributed by atoms with Crippen molar-refractivity contribution in [3.8, 4) is 0 Å². The van der Waals surface area contributed by atoms with Gasteiger partial charge in [0.2, 0.25) is 6.17 Å². The SMILES string of the molecule is CCCCCC1=[N+](C)C(NC(=O)C2Nc3ccccc3S2)C(C(=O)OC)CC1. The molecular weight excluding hydrogens is 374 g/mol. The van der Waals surface area contributed by atoms with E-state index in [1.54, 1.807) is 0 Å². The van der Waals surface area contributed by atoms with Gasteiger partial charge in [-0.05, 0) is 25.0 Å². The van der Waals surface area contributed by atoms with Gasteiger partial charge in [0.1, 0.15) is 13.0 Å². The first-order valence-electron chi connectivity index (χ1n) is 10.0. The van der Waals surface area contributed by atoms with Crippen LogP contribution < -0.4 is 10.6 Å². The van der Waals surface area contributed by atoms with Crippen LogP contribution in [0.1, 0.15) is 45.4 Å². The second kappa shape index (κ2) is 9.45. The van der Waals surface area contributed by atoms with Gasteiger partial charge < -0.3 is 10.1 Å². The fraction of sp³-hybridized carbons (Fsp3) is 0.571. The molecule has 0 fully saturated rings. The fourth-order valence-electron chi connectivity index (χ4n) is 3.93. The number of rotatable bonds is 7. The molecule has 1 aromatic carbocycles. The van der Waals surface area contributed by atoms with Crippen molar-refractivity contribution in [1.29, 1.82) is 0 Å². The number of amides is 1. The van der Waals surface area contributed by atoms with Crippen molar-refractivity contribution in [3.63, 3.8) is 0 Å². The summed E-state index contributed by atoms with van der Waals surface area (Å²) in [6.07, 6.45) is 5.70. The Bertz CT molecular complexity index is 740. The quantitative estimate of drug-likeness (QED) is 0.415. The number of nitrogens with one attached hydrogen (secondary N) is 2. The third-order valence-electron chi connectivity index (χ3n) is 5.56. The minimum absolute atomic E-state index is 0.109. The highest BCUT2D eigenvalue weighted by atomic mass is 32.2. The first-order chi connectivity index (χ1) is 13.5. The number of carbonyl (C=O) groups excluding carboxylic acids is 2. The number of esters is 1. The van der Waals surface area contributed by atoms with Gasteiger partial charge in [-0.2, -0.15) is 0 Å². The van der Waals surface area contributed by atoms with E-state index in [1.807, 2.05) is 31.3 Å². The summed E-state index contributed by atoms with van der Waals surface area (Å²) in [5, 5.41) is 5.98. The van der Waals surface area contributed by atoms with Crippen LogP contribution in [0.5, 0.6) is 0 Å². The van der Waals surface area contributed by atoms with E-state index in [-0.39, 0.29) is 24.0 Å². The Balaban J connectivity index is 1.74. The number of unbranched alkanes of at least 4 members (excludes halogenated alkanes) is 2. The Morgan fingerprint density at radius 1 is 1.32 bits per heavy atom. The largest absolute Gasteiger partial charge is 0.469 e. The molecule has 2 aliphatic rings. The van der Waals surface area contributed by atoms with Gasteiger partial charge in [0.25, 0.3) is 5.91 Å². The zero-order chi connectivity index (χ0) is 20.1. The third kappa shape index (κ3) is 4.51. The normalized spacial score (nSPS) is 23.8. The predicted molar refractivity (Wildman–Crippen MR) is 112 cm³/mol. The average molecular weight is 405 g/mol. The van der Waals surface area contributed by atoms with E-state index in [9.17, 15) is 9.59 Å². The molecule has 0 spiro atoms. The van der Waals surface area contributed by atoms with Crippen LogP contribution in [0.15, 0.2) is 29.2 Å². The molecule has 3 rings (SSSR count). The number of thioether (sulfide) groups is 1. The molecule has 0 aliphatic carbocycles. The summed E-state index contributed by atoms with van der Waals surface area (Å²) in [5.74, 6) is -0.732. The molecular formula is C21H30N3O3S+. The van der Waals surface area contributed by atoms with Gasteiger partial charge in [0.05, 0.1) is 7.11 Å². The minimum atomic E-state index is -0.394. The number of nitrogens with zero attached hydrogens (tertiary/aromatic N) is 1. The van der Waals surface area contributed by atoms with Crippen LogP contribution in [0.2, 0.25) is 0 Å². The molecule has 3 unspecified atom stereocenters. The molecule has 2 heterocycles. The number of para-hydroxylation sites is 1. The second-order valence-corrected chi connectivity index (χ2v) is 8.54. The molecule has 2 aliphatic heterocycles. The van der Waals surface area contributed by atoms with Gasteiger partial charge in [-0.3, -0.25) is 14.9 Å². The summed E-state index contributed by atoms with van der Waals surface area (Å²) >= 11 is 1.50. The minimum Gasteiger partial charge on any atom is -0.469 e. The lowest BCUT2D eigenvalue weighted by Gasteiger charge is -2.29.